The lowest BCUT2D eigenvalue weighted by Gasteiger charge is -2.10. The van der Waals surface area contributed by atoms with Gasteiger partial charge in [0.05, 0.1) is 110 Å². The van der Waals surface area contributed by atoms with Crippen LogP contribution in [0.1, 0.15) is 27.8 Å². The molecule has 14 heteroatoms. The Hall–Kier alpha value is -14.6. The molecule has 428 valence electrons. The van der Waals surface area contributed by atoms with Crippen molar-refractivity contribution in [3.05, 3.63) is 280 Å². The molecule has 12 aromatic carbocycles. The number of fused-ring (bicyclic) bond motifs is 18. The van der Waals surface area contributed by atoms with Gasteiger partial charge < -0.3 is 27.1 Å². The second-order valence-corrected chi connectivity index (χ2v) is 22.8. The molecule has 0 amide bonds. The van der Waals surface area contributed by atoms with Gasteiger partial charge in [-0.1, -0.05) is 78.9 Å². The van der Waals surface area contributed by atoms with Gasteiger partial charge in [0.2, 0.25) is 11.4 Å². The number of para-hydroxylation sites is 4. The first-order valence-electron chi connectivity index (χ1n) is 29.6. The largest absolute Gasteiger partial charge is 0.466 e. The molecular weight excluding hydrogens is 1160 g/mol. The van der Waals surface area contributed by atoms with Crippen LogP contribution in [0.3, 0.4) is 0 Å². The van der Waals surface area contributed by atoms with Gasteiger partial charge in [-0.05, 0) is 145 Å². The number of hydrogen-bond donors (Lipinski definition) is 0. The summed E-state index contributed by atoms with van der Waals surface area (Å²) in [4.78, 5) is 11.3. The van der Waals surface area contributed by atoms with Crippen LogP contribution in [0, 0.1) is 76.4 Å². The lowest BCUT2D eigenvalue weighted by atomic mass is 10.1. The minimum atomic E-state index is 0.260. The number of nitriles is 5. The van der Waals surface area contributed by atoms with Gasteiger partial charge in [-0.25, -0.2) is 14.5 Å². The maximum Gasteiger partial charge on any atom is 0.231 e. The third kappa shape index (κ3) is 7.74. The molecule has 0 radical (unpaired) electrons. The molecule has 0 aliphatic heterocycles. The second kappa shape index (κ2) is 20.5. The summed E-state index contributed by atoms with van der Waals surface area (Å²) in [6.07, 6.45) is 0. The minimum Gasteiger partial charge on any atom is -0.466 e. The first-order chi connectivity index (χ1) is 46.2. The Labute approximate surface area is 532 Å². The highest BCUT2D eigenvalue weighted by molar-refractivity contribution is 6.18. The van der Waals surface area contributed by atoms with Crippen molar-refractivity contribution >= 4 is 148 Å². The van der Waals surface area contributed by atoms with Crippen molar-refractivity contribution in [2.24, 2.45) is 0 Å². The molecular formula is C80H36N12O2. The summed E-state index contributed by atoms with van der Waals surface area (Å²) >= 11 is 0. The Kier molecular flexibility index (Phi) is 11.7. The molecule has 18 rings (SSSR count). The van der Waals surface area contributed by atoms with Crippen molar-refractivity contribution in [2.45, 2.75) is 0 Å². The molecule has 94 heavy (non-hydrogen) atoms. The highest BCUT2D eigenvalue weighted by atomic mass is 16.3. The van der Waals surface area contributed by atoms with Crippen LogP contribution < -0.4 is 0 Å². The maximum atomic E-state index is 10.4. The van der Waals surface area contributed by atoms with Crippen LogP contribution in [0.2, 0.25) is 0 Å². The Morgan fingerprint density at radius 2 is 0.564 bits per heavy atom. The third-order valence-corrected chi connectivity index (χ3v) is 17.9. The number of rotatable bonds is 4. The molecule has 6 heterocycles. The van der Waals surface area contributed by atoms with E-state index in [1.165, 1.54) is 0 Å². The van der Waals surface area contributed by atoms with Crippen molar-refractivity contribution in [1.29, 1.82) is 26.3 Å². The molecule has 0 spiro atoms. The van der Waals surface area contributed by atoms with Crippen molar-refractivity contribution in [2.75, 3.05) is 0 Å². The summed E-state index contributed by atoms with van der Waals surface area (Å²) in [5, 5.41) is 60.3. The highest BCUT2D eigenvalue weighted by Crippen LogP contribution is 2.46. The molecule has 0 unspecified atom stereocenters. The molecule has 0 N–H and O–H groups in total. The predicted molar refractivity (Wildman–Crippen MR) is 367 cm³/mol. The van der Waals surface area contributed by atoms with Crippen LogP contribution >= 0.6 is 0 Å². The summed E-state index contributed by atoms with van der Waals surface area (Å²) in [7, 11) is 0. The minimum absolute atomic E-state index is 0.260. The van der Waals surface area contributed by atoms with Gasteiger partial charge in [-0.3, -0.25) is 0 Å². The van der Waals surface area contributed by atoms with Crippen LogP contribution in [0.4, 0.5) is 17.1 Å². The first-order valence-corrected chi connectivity index (χ1v) is 29.6. The van der Waals surface area contributed by atoms with Gasteiger partial charge in [0, 0.05) is 82.0 Å². The summed E-state index contributed by atoms with van der Waals surface area (Å²) in [6, 6.07) is 81.5. The highest BCUT2D eigenvalue weighted by Gasteiger charge is 2.25. The van der Waals surface area contributed by atoms with Gasteiger partial charge >= 0.3 is 0 Å². The van der Waals surface area contributed by atoms with Crippen LogP contribution in [0.5, 0.6) is 0 Å². The molecule has 6 aromatic heterocycles. The SMILES string of the molecule is [C-]#[N+]c1cc(-n2c3ccccc3c3ccccc32)cc2c1oc1c(C#N)cc(-n3c4ccccc4c4ccccc43)cc12.[C-]#[N+]c1ccc2c(c1)c1cc(C#N)ccc1n2-c1cc([N+]#[C-])c2oc3c(C#N)cc(-n4c5ccc(C#N)cc5c5cc(C#N)ccc54)cc3c2c1. The fraction of sp³-hybridized carbons (Fsp3) is 0. The summed E-state index contributed by atoms with van der Waals surface area (Å²) in [5.41, 5.74) is 15.5. The predicted octanol–water partition coefficient (Wildman–Crippen LogP) is 20.6. The zero-order chi connectivity index (χ0) is 63.6. The lowest BCUT2D eigenvalue weighted by molar-refractivity contribution is 0.669. The van der Waals surface area contributed by atoms with Crippen molar-refractivity contribution < 1.29 is 8.83 Å². The number of hydrogen-bond acceptors (Lipinski definition) is 7. The lowest BCUT2D eigenvalue weighted by Crippen LogP contribution is -1.95. The van der Waals surface area contributed by atoms with Gasteiger partial charge in [0.15, 0.2) is 16.9 Å². The van der Waals surface area contributed by atoms with E-state index in [2.05, 4.69) is 139 Å². The third-order valence-electron chi connectivity index (χ3n) is 17.9. The van der Waals surface area contributed by atoms with E-state index in [9.17, 15) is 26.3 Å². The molecule has 0 atom stereocenters. The normalized spacial score (nSPS) is 11.3. The summed E-state index contributed by atoms with van der Waals surface area (Å²) < 4.78 is 21.1. The topological polar surface area (TPSA) is 178 Å². The quantitative estimate of drug-likeness (QED) is 0.157. The molecule has 0 aliphatic rings. The van der Waals surface area contributed by atoms with Gasteiger partial charge in [0.25, 0.3) is 0 Å². The summed E-state index contributed by atoms with van der Waals surface area (Å²) in [6.45, 7) is 23.8. The van der Waals surface area contributed by atoms with Crippen LogP contribution in [-0.4, -0.2) is 18.3 Å². The Bertz CT molecular complexity index is 6200. The van der Waals surface area contributed by atoms with Crippen LogP contribution in [-0.2, 0) is 0 Å². The van der Waals surface area contributed by atoms with Crippen LogP contribution in [0.25, 0.3) is 168 Å². The fourth-order valence-corrected chi connectivity index (χ4v) is 14.0. The van der Waals surface area contributed by atoms with E-state index >= 15 is 0 Å². The zero-order valence-corrected chi connectivity index (χ0v) is 49.0. The second-order valence-electron chi connectivity index (χ2n) is 22.8. The monoisotopic (exact) mass is 1200 g/mol. The maximum absolute atomic E-state index is 10.4. The standard InChI is InChI=1S/C42H16N8O.C38H20N4O/c1-47-27-6-10-40-33(15-27)32-13-25(21-45)5-9-39(32)50(40)29-17-35-34-16-28(14-26(22-46)41(34)51-42(35)36(18-29)48-2)49-37-7-3-23(19-43)11-30(37)31-12-24(20-44)4-8-38(31)49;1-40-32-21-25(42-35-16-8-4-12-28(35)29-13-5-9-17-36(29)42)20-31-30-19-24(18-23(22-39)37(30)43-38(31)32)41-33-14-6-2-10-26(33)27-11-3-7-15-34(27)41/h3-18H;2-21H. The average Bonchev–Trinajstić information content (AvgIpc) is 1.58. The van der Waals surface area contributed by atoms with Gasteiger partial charge in [-0.2, -0.15) is 26.3 Å². The van der Waals surface area contributed by atoms with Gasteiger partial charge in [-0.15, -0.1) is 0 Å². The van der Waals surface area contributed by atoms with Crippen molar-refractivity contribution in [1.82, 2.24) is 18.3 Å². The van der Waals surface area contributed by atoms with E-state index in [1.54, 1.807) is 60.7 Å². The van der Waals surface area contributed by atoms with Crippen molar-refractivity contribution in [3.63, 3.8) is 0 Å². The van der Waals surface area contributed by atoms with E-state index < -0.39 is 0 Å². The Morgan fingerprint density at radius 3 is 0.883 bits per heavy atom. The van der Waals surface area contributed by atoms with E-state index in [4.69, 9.17) is 28.6 Å². The first kappa shape index (κ1) is 53.6. The molecule has 0 aliphatic carbocycles. The number of nitrogens with zero attached hydrogens (tertiary/aromatic N) is 12. The average molecular weight is 1200 g/mol. The van der Waals surface area contributed by atoms with Gasteiger partial charge in [0.1, 0.15) is 23.3 Å². The number of benzene rings is 12. The summed E-state index contributed by atoms with van der Waals surface area (Å²) in [5.74, 6) is 0. The van der Waals surface area contributed by atoms with Crippen LogP contribution in [0.15, 0.2) is 227 Å². The molecule has 0 saturated heterocycles. The number of furan rings is 2. The van der Waals surface area contributed by atoms with E-state index in [0.717, 1.165) is 109 Å². The Balaban J connectivity index is 0.000000145. The Morgan fingerprint density at radius 1 is 0.266 bits per heavy atom. The fourth-order valence-electron chi connectivity index (χ4n) is 14.0. The zero-order valence-electron chi connectivity index (χ0n) is 49.0. The number of aromatic nitrogens is 4. The smallest absolute Gasteiger partial charge is 0.231 e. The molecule has 0 bridgehead atoms. The molecule has 0 fully saturated rings. The van der Waals surface area contributed by atoms with E-state index in [0.29, 0.717) is 78.1 Å². The molecule has 0 saturated carbocycles. The molecule has 14 nitrogen and oxygen atoms in total. The van der Waals surface area contributed by atoms with Crippen molar-refractivity contribution in [3.8, 4) is 53.1 Å². The van der Waals surface area contributed by atoms with E-state index in [1.807, 2.05) is 81.9 Å². The van der Waals surface area contributed by atoms with E-state index in [-0.39, 0.29) is 11.3 Å². The molecule has 18 aromatic rings.